The number of hydrogen-bond acceptors (Lipinski definition) is 2. The van der Waals surface area contributed by atoms with Crippen molar-refractivity contribution in [3.05, 3.63) is 18.0 Å². The molecule has 0 saturated carbocycles. The maximum Gasteiger partial charge on any atom is 0.0521 e. The highest BCUT2D eigenvalue weighted by Crippen LogP contribution is 2.12. The molecule has 80 valence electrons. The molecule has 14 heavy (non-hydrogen) atoms. The van der Waals surface area contributed by atoms with Gasteiger partial charge in [-0.15, -0.1) is 0 Å². The van der Waals surface area contributed by atoms with Gasteiger partial charge in [-0.3, -0.25) is 4.68 Å². The van der Waals surface area contributed by atoms with Gasteiger partial charge in [0.25, 0.3) is 0 Å². The van der Waals surface area contributed by atoms with Crippen molar-refractivity contribution in [3.8, 4) is 0 Å². The Kier molecular flexibility index (Phi) is 4.14. The molecular weight excluding hydrogens is 174 g/mol. The smallest absolute Gasteiger partial charge is 0.0521 e. The van der Waals surface area contributed by atoms with Crippen LogP contribution in [0.15, 0.2) is 12.4 Å². The maximum atomic E-state index is 4.17. The summed E-state index contributed by atoms with van der Waals surface area (Å²) in [6.07, 6.45) is 6.40. The standard InChI is InChI=1S/C11H21N3/c1-9(5-10(2)12-3)6-11-7-13-14(4)8-11/h7-10,12H,5-6H2,1-4H3. The van der Waals surface area contributed by atoms with Gasteiger partial charge in [-0.25, -0.2) is 0 Å². The molecule has 0 aromatic carbocycles. The van der Waals surface area contributed by atoms with Crippen LogP contribution in [0.1, 0.15) is 25.8 Å². The normalized spacial score (nSPS) is 15.4. The van der Waals surface area contributed by atoms with Gasteiger partial charge in [0.15, 0.2) is 0 Å². The first kappa shape index (κ1) is 11.2. The Morgan fingerprint density at radius 3 is 2.71 bits per heavy atom. The van der Waals surface area contributed by atoms with Crippen molar-refractivity contribution in [1.82, 2.24) is 15.1 Å². The van der Waals surface area contributed by atoms with E-state index in [0.717, 1.165) is 6.42 Å². The van der Waals surface area contributed by atoms with Crippen molar-refractivity contribution in [2.24, 2.45) is 13.0 Å². The second-order valence-corrected chi connectivity index (χ2v) is 4.26. The number of aryl methyl sites for hydroxylation is 1. The molecule has 2 atom stereocenters. The van der Waals surface area contributed by atoms with E-state index in [1.165, 1.54) is 12.0 Å². The Morgan fingerprint density at radius 1 is 1.50 bits per heavy atom. The van der Waals surface area contributed by atoms with Gasteiger partial charge in [-0.2, -0.15) is 5.10 Å². The molecule has 0 amide bonds. The Hall–Kier alpha value is -0.830. The lowest BCUT2D eigenvalue weighted by atomic mass is 9.97. The minimum atomic E-state index is 0.599. The third kappa shape index (κ3) is 3.50. The van der Waals surface area contributed by atoms with Crippen molar-refractivity contribution in [2.75, 3.05) is 7.05 Å². The maximum absolute atomic E-state index is 4.17. The zero-order valence-electron chi connectivity index (χ0n) is 9.62. The fraction of sp³-hybridized carbons (Fsp3) is 0.727. The molecule has 1 heterocycles. The van der Waals surface area contributed by atoms with Crippen molar-refractivity contribution in [3.63, 3.8) is 0 Å². The monoisotopic (exact) mass is 195 g/mol. The van der Waals surface area contributed by atoms with Gasteiger partial charge in [-0.1, -0.05) is 6.92 Å². The third-order valence-corrected chi connectivity index (χ3v) is 2.59. The molecule has 3 nitrogen and oxygen atoms in total. The van der Waals surface area contributed by atoms with Crippen molar-refractivity contribution >= 4 is 0 Å². The average molecular weight is 195 g/mol. The number of nitrogens with zero attached hydrogens (tertiary/aromatic N) is 2. The highest BCUT2D eigenvalue weighted by molar-refractivity contribution is 5.04. The molecule has 0 radical (unpaired) electrons. The summed E-state index contributed by atoms with van der Waals surface area (Å²) < 4.78 is 1.86. The minimum Gasteiger partial charge on any atom is -0.317 e. The topological polar surface area (TPSA) is 29.9 Å². The Labute approximate surface area is 86.5 Å². The van der Waals surface area contributed by atoms with Crippen LogP contribution in [-0.2, 0) is 13.5 Å². The average Bonchev–Trinajstić information content (AvgIpc) is 2.50. The molecule has 0 saturated heterocycles. The number of rotatable bonds is 5. The Morgan fingerprint density at radius 2 is 2.21 bits per heavy atom. The quantitative estimate of drug-likeness (QED) is 0.773. The second-order valence-electron chi connectivity index (χ2n) is 4.26. The van der Waals surface area contributed by atoms with Crippen LogP contribution >= 0.6 is 0 Å². The molecule has 2 unspecified atom stereocenters. The van der Waals surface area contributed by atoms with E-state index in [2.05, 4.69) is 30.5 Å². The summed E-state index contributed by atoms with van der Waals surface area (Å²) in [5.74, 6) is 0.710. The summed E-state index contributed by atoms with van der Waals surface area (Å²) in [5.41, 5.74) is 1.34. The highest BCUT2D eigenvalue weighted by atomic mass is 15.2. The second kappa shape index (κ2) is 5.15. The fourth-order valence-corrected chi connectivity index (χ4v) is 1.78. The Bertz CT molecular complexity index is 267. The van der Waals surface area contributed by atoms with Gasteiger partial charge in [0.05, 0.1) is 6.20 Å². The van der Waals surface area contributed by atoms with Crippen LogP contribution in [0.3, 0.4) is 0 Å². The largest absolute Gasteiger partial charge is 0.317 e. The minimum absolute atomic E-state index is 0.599. The predicted molar refractivity (Wildman–Crippen MR) is 59.2 cm³/mol. The van der Waals surface area contributed by atoms with E-state index in [0.29, 0.717) is 12.0 Å². The number of hydrogen-bond donors (Lipinski definition) is 1. The highest BCUT2D eigenvalue weighted by Gasteiger charge is 2.08. The fourth-order valence-electron chi connectivity index (χ4n) is 1.78. The summed E-state index contributed by atoms with van der Waals surface area (Å²) in [5, 5.41) is 7.44. The molecule has 0 fully saturated rings. The lowest BCUT2D eigenvalue weighted by Crippen LogP contribution is -2.24. The van der Waals surface area contributed by atoms with E-state index in [4.69, 9.17) is 0 Å². The first-order chi connectivity index (χ1) is 6.61. The van der Waals surface area contributed by atoms with Crippen LogP contribution in [0, 0.1) is 5.92 Å². The van der Waals surface area contributed by atoms with E-state index >= 15 is 0 Å². The van der Waals surface area contributed by atoms with Gasteiger partial charge in [0.1, 0.15) is 0 Å². The van der Waals surface area contributed by atoms with Gasteiger partial charge in [0.2, 0.25) is 0 Å². The van der Waals surface area contributed by atoms with Crippen LogP contribution in [0.4, 0.5) is 0 Å². The van der Waals surface area contributed by atoms with Crippen LogP contribution in [0.25, 0.3) is 0 Å². The first-order valence-corrected chi connectivity index (χ1v) is 5.26. The molecule has 1 rings (SSSR count). The molecular formula is C11H21N3. The number of nitrogens with one attached hydrogen (secondary N) is 1. The van der Waals surface area contributed by atoms with E-state index in [1.54, 1.807) is 0 Å². The van der Waals surface area contributed by atoms with Crippen molar-refractivity contribution in [1.29, 1.82) is 0 Å². The van der Waals surface area contributed by atoms with Crippen LogP contribution in [0.2, 0.25) is 0 Å². The number of aromatic nitrogens is 2. The SMILES string of the molecule is CNC(C)CC(C)Cc1cnn(C)c1. The van der Waals surface area contributed by atoms with E-state index in [1.807, 2.05) is 25.0 Å². The van der Waals surface area contributed by atoms with Crippen molar-refractivity contribution in [2.45, 2.75) is 32.7 Å². The first-order valence-electron chi connectivity index (χ1n) is 5.26. The molecule has 0 aliphatic heterocycles. The molecule has 1 aromatic rings. The Balaban J connectivity index is 2.37. The molecule has 0 aliphatic rings. The molecule has 0 bridgehead atoms. The zero-order chi connectivity index (χ0) is 10.6. The van der Waals surface area contributed by atoms with Gasteiger partial charge in [0, 0.05) is 19.3 Å². The van der Waals surface area contributed by atoms with Crippen LogP contribution in [-0.4, -0.2) is 22.9 Å². The molecule has 3 heteroatoms. The molecule has 1 N–H and O–H groups in total. The third-order valence-electron chi connectivity index (χ3n) is 2.59. The lowest BCUT2D eigenvalue weighted by molar-refractivity contribution is 0.440. The lowest BCUT2D eigenvalue weighted by Gasteiger charge is -2.15. The zero-order valence-corrected chi connectivity index (χ0v) is 9.62. The van der Waals surface area contributed by atoms with E-state index in [-0.39, 0.29) is 0 Å². The van der Waals surface area contributed by atoms with Crippen molar-refractivity contribution < 1.29 is 0 Å². The van der Waals surface area contributed by atoms with E-state index in [9.17, 15) is 0 Å². The summed E-state index contributed by atoms with van der Waals surface area (Å²) >= 11 is 0. The van der Waals surface area contributed by atoms with E-state index < -0.39 is 0 Å². The summed E-state index contributed by atoms with van der Waals surface area (Å²) in [4.78, 5) is 0. The molecule has 1 aromatic heterocycles. The van der Waals surface area contributed by atoms with Crippen LogP contribution < -0.4 is 5.32 Å². The van der Waals surface area contributed by atoms with Crippen LogP contribution in [0.5, 0.6) is 0 Å². The summed E-state index contributed by atoms with van der Waals surface area (Å²) in [6, 6.07) is 0.599. The molecule has 0 aliphatic carbocycles. The van der Waals surface area contributed by atoms with Gasteiger partial charge >= 0.3 is 0 Å². The van der Waals surface area contributed by atoms with Gasteiger partial charge < -0.3 is 5.32 Å². The van der Waals surface area contributed by atoms with Gasteiger partial charge in [-0.05, 0) is 38.3 Å². The summed E-state index contributed by atoms with van der Waals surface area (Å²) in [6.45, 7) is 4.51. The molecule has 0 spiro atoms. The summed E-state index contributed by atoms with van der Waals surface area (Å²) in [7, 11) is 3.98. The predicted octanol–water partition coefficient (Wildman–Crippen LogP) is 1.60.